The molecule has 1 saturated heterocycles. The summed E-state index contributed by atoms with van der Waals surface area (Å²) in [5.74, 6) is 0.894. The van der Waals surface area contributed by atoms with Gasteiger partial charge in [-0.2, -0.15) is 0 Å². The molecule has 2 aromatic heterocycles. The molecule has 8 nitrogen and oxygen atoms in total. The number of nitrogens with zero attached hydrogens (tertiary/aromatic N) is 4. The second kappa shape index (κ2) is 11.3. The number of halogens is 1. The van der Waals surface area contributed by atoms with Crippen LogP contribution in [0.1, 0.15) is 31.2 Å². The van der Waals surface area contributed by atoms with Crippen LogP contribution in [0, 0.1) is 6.92 Å². The maximum atomic E-state index is 11.5. The largest absolute Gasteiger partial charge is 0.358 e. The van der Waals surface area contributed by atoms with Crippen LogP contribution in [0.5, 0.6) is 0 Å². The lowest BCUT2D eigenvalue weighted by Gasteiger charge is -2.32. The summed E-state index contributed by atoms with van der Waals surface area (Å²) >= 11 is 0. The summed E-state index contributed by atoms with van der Waals surface area (Å²) in [6.45, 7) is 7.79. The molecule has 3 heterocycles. The number of fused-ring (bicyclic) bond motifs is 1. The van der Waals surface area contributed by atoms with Gasteiger partial charge in [0, 0.05) is 44.6 Å². The van der Waals surface area contributed by atoms with Crippen molar-refractivity contribution in [2.45, 2.75) is 39.3 Å². The van der Waals surface area contributed by atoms with E-state index >= 15 is 0 Å². The number of pyridine rings is 1. The maximum absolute atomic E-state index is 11.5. The third-order valence-electron chi connectivity index (χ3n) is 5.06. The van der Waals surface area contributed by atoms with Gasteiger partial charge in [0.05, 0.1) is 18.8 Å². The Morgan fingerprint density at radius 2 is 2.07 bits per heavy atom. The summed E-state index contributed by atoms with van der Waals surface area (Å²) in [5, 5.41) is 9.55. The number of hydrogen-bond donors (Lipinski definition) is 3. The van der Waals surface area contributed by atoms with E-state index in [-0.39, 0.29) is 29.9 Å². The van der Waals surface area contributed by atoms with E-state index in [2.05, 4.69) is 56.3 Å². The van der Waals surface area contributed by atoms with Crippen LogP contribution in [0.15, 0.2) is 29.4 Å². The van der Waals surface area contributed by atoms with Crippen LogP contribution in [-0.2, 0) is 11.3 Å². The highest BCUT2D eigenvalue weighted by molar-refractivity contribution is 14.0. The number of carbonyl (C=O) groups is 1. The lowest BCUT2D eigenvalue weighted by atomic mass is 10.1. The molecule has 1 aliphatic heterocycles. The smallest absolute Gasteiger partial charge is 0.233 e. The van der Waals surface area contributed by atoms with Crippen LogP contribution in [-0.4, -0.2) is 65.4 Å². The second-order valence-corrected chi connectivity index (χ2v) is 7.19. The Kier molecular flexibility index (Phi) is 9.15. The van der Waals surface area contributed by atoms with Crippen molar-refractivity contribution in [2.24, 2.45) is 4.99 Å². The Hall–Kier alpha value is -1.88. The van der Waals surface area contributed by atoms with E-state index in [1.54, 1.807) is 7.05 Å². The number of piperidine rings is 1. The highest BCUT2D eigenvalue weighted by Crippen LogP contribution is 2.11. The Bertz CT molecular complexity index is 827. The molecule has 0 spiro atoms. The van der Waals surface area contributed by atoms with Gasteiger partial charge in [-0.15, -0.1) is 24.0 Å². The van der Waals surface area contributed by atoms with Gasteiger partial charge in [0.25, 0.3) is 0 Å². The fourth-order valence-electron chi connectivity index (χ4n) is 3.47. The van der Waals surface area contributed by atoms with Crippen LogP contribution >= 0.6 is 24.0 Å². The van der Waals surface area contributed by atoms with E-state index in [1.165, 1.54) is 0 Å². The zero-order chi connectivity index (χ0) is 19.9. The van der Waals surface area contributed by atoms with E-state index in [4.69, 9.17) is 4.99 Å². The van der Waals surface area contributed by atoms with E-state index in [1.807, 2.05) is 12.1 Å². The molecule has 9 heteroatoms. The van der Waals surface area contributed by atoms with Gasteiger partial charge in [-0.1, -0.05) is 6.07 Å². The third kappa shape index (κ3) is 6.56. The highest BCUT2D eigenvalue weighted by atomic mass is 127. The number of imidazole rings is 1. The zero-order valence-electron chi connectivity index (χ0n) is 17.4. The molecule has 0 radical (unpaired) electrons. The molecule has 2 aromatic rings. The topological polar surface area (TPSA) is 86.1 Å². The van der Waals surface area contributed by atoms with E-state index < -0.39 is 0 Å². The molecule has 1 fully saturated rings. The zero-order valence-corrected chi connectivity index (χ0v) is 19.8. The molecule has 0 saturated carbocycles. The number of amides is 1. The standard InChI is InChI=1S/C20H31N7O.HI/c1-4-22-20(25-16-8-10-26(11-9-16)14-19(28)21-3)23-12-17-13-27-15(2)6-5-7-18(27)24-17;/h5-7,13,16H,4,8-12,14H2,1-3H3,(H,21,28)(H2,22,23,25);1H. The first-order valence-electron chi connectivity index (χ1n) is 10.0. The molecule has 0 aromatic carbocycles. The summed E-state index contributed by atoms with van der Waals surface area (Å²) in [5.41, 5.74) is 3.06. The normalized spacial score (nSPS) is 15.8. The monoisotopic (exact) mass is 513 g/mol. The molecule has 0 unspecified atom stereocenters. The minimum absolute atomic E-state index is 0. The molecular formula is C20H32IN7O. The second-order valence-electron chi connectivity index (χ2n) is 7.19. The Morgan fingerprint density at radius 1 is 1.31 bits per heavy atom. The number of nitrogens with one attached hydrogen (secondary N) is 3. The van der Waals surface area contributed by atoms with Crippen LogP contribution in [0.3, 0.4) is 0 Å². The minimum Gasteiger partial charge on any atom is -0.358 e. The van der Waals surface area contributed by atoms with Gasteiger partial charge in [0.1, 0.15) is 5.65 Å². The lowest BCUT2D eigenvalue weighted by molar-refractivity contribution is -0.122. The summed E-state index contributed by atoms with van der Waals surface area (Å²) in [4.78, 5) is 23.1. The lowest BCUT2D eigenvalue weighted by Crippen LogP contribution is -2.50. The molecule has 3 N–H and O–H groups in total. The molecule has 0 bridgehead atoms. The van der Waals surface area contributed by atoms with E-state index in [0.717, 1.165) is 55.5 Å². The Morgan fingerprint density at radius 3 is 2.72 bits per heavy atom. The Labute approximate surface area is 189 Å². The number of likely N-dealkylation sites (tertiary alicyclic amines) is 1. The quantitative estimate of drug-likeness (QED) is 0.310. The summed E-state index contributed by atoms with van der Waals surface area (Å²) in [6, 6.07) is 6.47. The number of carbonyl (C=O) groups excluding carboxylic acids is 1. The van der Waals surface area contributed by atoms with Gasteiger partial charge in [-0.05, 0) is 38.8 Å². The molecular weight excluding hydrogens is 481 g/mol. The number of aromatic nitrogens is 2. The highest BCUT2D eigenvalue weighted by Gasteiger charge is 2.21. The van der Waals surface area contributed by atoms with Crippen molar-refractivity contribution in [3.05, 3.63) is 35.8 Å². The average Bonchev–Trinajstić information content (AvgIpc) is 3.12. The molecule has 160 valence electrons. The SMILES string of the molecule is CCNC(=NCc1cn2c(C)cccc2n1)NC1CCN(CC(=O)NC)CC1.I. The summed E-state index contributed by atoms with van der Waals surface area (Å²) < 4.78 is 2.09. The van der Waals surface area contributed by atoms with Crippen molar-refractivity contribution in [1.82, 2.24) is 30.2 Å². The van der Waals surface area contributed by atoms with Crippen molar-refractivity contribution in [1.29, 1.82) is 0 Å². The number of guanidine groups is 1. The molecule has 3 rings (SSSR count). The van der Waals surface area contributed by atoms with Gasteiger partial charge >= 0.3 is 0 Å². The van der Waals surface area contributed by atoms with Crippen LogP contribution in [0.2, 0.25) is 0 Å². The van der Waals surface area contributed by atoms with Gasteiger partial charge in [0.15, 0.2) is 5.96 Å². The fourth-order valence-corrected chi connectivity index (χ4v) is 3.47. The minimum atomic E-state index is 0. The predicted octanol–water partition coefficient (Wildman–Crippen LogP) is 1.53. The number of aryl methyl sites for hydroxylation is 1. The van der Waals surface area contributed by atoms with E-state index in [0.29, 0.717) is 19.1 Å². The van der Waals surface area contributed by atoms with Crippen LogP contribution < -0.4 is 16.0 Å². The average molecular weight is 513 g/mol. The van der Waals surface area contributed by atoms with Gasteiger partial charge in [-0.3, -0.25) is 9.69 Å². The molecule has 0 aliphatic carbocycles. The number of aliphatic imine (C=N–C) groups is 1. The predicted molar refractivity (Wildman–Crippen MR) is 127 cm³/mol. The van der Waals surface area contributed by atoms with Crippen molar-refractivity contribution >= 4 is 41.5 Å². The number of hydrogen-bond acceptors (Lipinski definition) is 4. The number of rotatable bonds is 6. The van der Waals surface area contributed by atoms with Gasteiger partial charge in [0.2, 0.25) is 5.91 Å². The van der Waals surface area contributed by atoms with Crippen molar-refractivity contribution in [2.75, 3.05) is 33.2 Å². The molecule has 29 heavy (non-hydrogen) atoms. The summed E-state index contributed by atoms with van der Waals surface area (Å²) in [7, 11) is 1.68. The third-order valence-corrected chi connectivity index (χ3v) is 5.06. The first kappa shape index (κ1) is 23.4. The fraction of sp³-hybridized carbons (Fsp3) is 0.550. The molecule has 0 atom stereocenters. The maximum Gasteiger partial charge on any atom is 0.233 e. The molecule has 1 amide bonds. The number of likely N-dealkylation sites (N-methyl/N-ethyl adjacent to an activating group) is 1. The summed E-state index contributed by atoms with van der Waals surface area (Å²) in [6.07, 6.45) is 4.04. The molecule has 1 aliphatic rings. The van der Waals surface area contributed by atoms with Gasteiger partial charge < -0.3 is 20.4 Å². The van der Waals surface area contributed by atoms with Crippen LogP contribution in [0.4, 0.5) is 0 Å². The first-order chi connectivity index (χ1) is 13.6. The first-order valence-corrected chi connectivity index (χ1v) is 10.0. The van der Waals surface area contributed by atoms with Crippen molar-refractivity contribution in [3.63, 3.8) is 0 Å². The van der Waals surface area contributed by atoms with Crippen molar-refractivity contribution < 1.29 is 4.79 Å². The van der Waals surface area contributed by atoms with Crippen LogP contribution in [0.25, 0.3) is 5.65 Å². The Balaban J connectivity index is 0.00000300. The van der Waals surface area contributed by atoms with E-state index in [9.17, 15) is 4.79 Å². The van der Waals surface area contributed by atoms with Gasteiger partial charge in [-0.25, -0.2) is 9.98 Å². The van der Waals surface area contributed by atoms with Crippen molar-refractivity contribution in [3.8, 4) is 0 Å².